The lowest BCUT2D eigenvalue weighted by Crippen LogP contribution is -2.18. The number of rotatable bonds is 2. The van der Waals surface area contributed by atoms with Gasteiger partial charge >= 0.3 is 0 Å². The summed E-state index contributed by atoms with van der Waals surface area (Å²) < 4.78 is 5.21. The van der Waals surface area contributed by atoms with E-state index in [0.717, 1.165) is 6.42 Å². The van der Waals surface area contributed by atoms with Gasteiger partial charge in [0.05, 0.1) is 11.7 Å². The van der Waals surface area contributed by atoms with Gasteiger partial charge in [-0.2, -0.15) is 0 Å². The Morgan fingerprint density at radius 2 is 2.11 bits per heavy atom. The number of hydrogen-bond acceptors (Lipinski definition) is 2. The van der Waals surface area contributed by atoms with Gasteiger partial charge in [-0.3, -0.25) is 0 Å². The fourth-order valence-electron chi connectivity index (χ4n) is 1.05. The third-order valence-corrected chi connectivity index (χ3v) is 1.83. The van der Waals surface area contributed by atoms with E-state index in [1.54, 1.807) is 0 Å². The van der Waals surface area contributed by atoms with Gasteiger partial charge in [0.25, 0.3) is 0 Å². The molecule has 1 fully saturated rings. The molecule has 54 valence electrons. The van der Waals surface area contributed by atoms with Gasteiger partial charge in [0, 0.05) is 0 Å². The van der Waals surface area contributed by atoms with Gasteiger partial charge in [-0.1, -0.05) is 6.92 Å². The first-order valence-corrected chi connectivity index (χ1v) is 3.44. The van der Waals surface area contributed by atoms with Gasteiger partial charge in [-0.25, -0.2) is 0 Å². The minimum atomic E-state index is -0.264. The summed E-state index contributed by atoms with van der Waals surface area (Å²) in [5.41, 5.74) is -0.0601. The topological polar surface area (TPSA) is 32.8 Å². The molecule has 1 aliphatic heterocycles. The van der Waals surface area contributed by atoms with Crippen LogP contribution in [0.3, 0.4) is 0 Å². The molecule has 1 rings (SSSR count). The van der Waals surface area contributed by atoms with Crippen molar-refractivity contribution in [2.75, 3.05) is 0 Å². The molecule has 1 aliphatic rings. The monoisotopic (exact) mass is 130 g/mol. The highest BCUT2D eigenvalue weighted by Crippen LogP contribution is 2.38. The molecular weight excluding hydrogens is 116 g/mol. The van der Waals surface area contributed by atoms with Crippen molar-refractivity contribution in [3.05, 3.63) is 0 Å². The normalized spacial score (nSPS) is 34.0. The van der Waals surface area contributed by atoms with Crippen molar-refractivity contribution in [3.63, 3.8) is 0 Å². The highest BCUT2D eigenvalue weighted by molar-refractivity contribution is 4.98. The van der Waals surface area contributed by atoms with Crippen molar-refractivity contribution in [1.29, 1.82) is 0 Å². The summed E-state index contributed by atoms with van der Waals surface area (Å²) in [6.07, 6.45) is 0.608. The third-order valence-electron chi connectivity index (χ3n) is 1.83. The van der Waals surface area contributed by atoms with Crippen LogP contribution in [0.4, 0.5) is 0 Å². The lowest BCUT2D eigenvalue weighted by Gasteiger charge is -2.02. The molecule has 2 atom stereocenters. The molecule has 0 saturated carbocycles. The molecular formula is C7H14O2. The second kappa shape index (κ2) is 1.96. The van der Waals surface area contributed by atoms with Crippen molar-refractivity contribution in [1.82, 2.24) is 0 Å². The van der Waals surface area contributed by atoms with Crippen LogP contribution < -0.4 is 0 Å². The van der Waals surface area contributed by atoms with Crippen molar-refractivity contribution in [2.45, 2.75) is 45.0 Å². The van der Waals surface area contributed by atoms with Crippen LogP contribution in [0.1, 0.15) is 27.2 Å². The van der Waals surface area contributed by atoms with E-state index in [1.165, 1.54) is 0 Å². The van der Waals surface area contributed by atoms with Crippen molar-refractivity contribution >= 4 is 0 Å². The number of epoxide rings is 1. The average Bonchev–Trinajstić information content (AvgIpc) is 2.38. The molecule has 1 N–H and O–H groups in total. The van der Waals surface area contributed by atoms with Crippen LogP contribution in [0.15, 0.2) is 0 Å². The Bertz CT molecular complexity index is 109. The largest absolute Gasteiger partial charge is 0.390 e. The first-order valence-electron chi connectivity index (χ1n) is 3.44. The van der Waals surface area contributed by atoms with Crippen LogP contribution in [-0.2, 0) is 4.74 Å². The van der Waals surface area contributed by atoms with Gasteiger partial charge in [0.1, 0.15) is 6.10 Å². The fourth-order valence-corrected chi connectivity index (χ4v) is 1.05. The Morgan fingerprint density at radius 3 is 2.22 bits per heavy atom. The number of ether oxygens (including phenoxy) is 1. The van der Waals surface area contributed by atoms with Crippen molar-refractivity contribution < 1.29 is 9.84 Å². The van der Waals surface area contributed by atoms with E-state index in [0.29, 0.717) is 0 Å². The molecule has 2 nitrogen and oxygen atoms in total. The van der Waals surface area contributed by atoms with E-state index >= 15 is 0 Å². The number of aliphatic hydroxyl groups excluding tert-OH is 1. The molecule has 1 saturated heterocycles. The molecule has 0 amide bonds. The van der Waals surface area contributed by atoms with Crippen LogP contribution in [-0.4, -0.2) is 22.9 Å². The van der Waals surface area contributed by atoms with Crippen LogP contribution >= 0.6 is 0 Å². The Balaban J connectivity index is 2.33. The maximum absolute atomic E-state index is 9.21. The molecule has 1 unspecified atom stereocenters. The Labute approximate surface area is 55.8 Å². The van der Waals surface area contributed by atoms with Gasteiger partial charge in [-0.05, 0) is 20.3 Å². The predicted molar refractivity (Wildman–Crippen MR) is 35.2 cm³/mol. The maximum Gasteiger partial charge on any atom is 0.113 e. The zero-order valence-electron chi connectivity index (χ0n) is 6.22. The molecule has 0 bridgehead atoms. The quantitative estimate of drug-likeness (QED) is 0.564. The van der Waals surface area contributed by atoms with Gasteiger partial charge in [0.2, 0.25) is 0 Å². The summed E-state index contributed by atoms with van der Waals surface area (Å²) >= 11 is 0. The lowest BCUT2D eigenvalue weighted by molar-refractivity contribution is 0.131. The second-order valence-electron chi connectivity index (χ2n) is 3.12. The van der Waals surface area contributed by atoms with Crippen LogP contribution in [0.5, 0.6) is 0 Å². The van der Waals surface area contributed by atoms with E-state index in [1.807, 2.05) is 20.8 Å². The van der Waals surface area contributed by atoms with E-state index in [9.17, 15) is 5.11 Å². The van der Waals surface area contributed by atoms with Crippen LogP contribution in [0.2, 0.25) is 0 Å². The van der Waals surface area contributed by atoms with Gasteiger partial charge in [0.15, 0.2) is 0 Å². The molecule has 2 heteroatoms. The first kappa shape index (κ1) is 7.03. The molecule has 0 radical (unpaired) electrons. The second-order valence-corrected chi connectivity index (χ2v) is 3.12. The Morgan fingerprint density at radius 1 is 1.67 bits per heavy atom. The summed E-state index contributed by atoms with van der Waals surface area (Å²) in [6.45, 7) is 5.95. The van der Waals surface area contributed by atoms with Crippen molar-refractivity contribution in [2.24, 2.45) is 0 Å². The van der Waals surface area contributed by atoms with E-state index in [4.69, 9.17) is 4.74 Å². The zero-order valence-corrected chi connectivity index (χ0v) is 6.22. The summed E-state index contributed by atoms with van der Waals surface area (Å²) in [5, 5.41) is 9.21. The predicted octanol–water partition coefficient (Wildman–Crippen LogP) is 0.935. The minimum absolute atomic E-state index is 0.0601. The third kappa shape index (κ3) is 1.25. The van der Waals surface area contributed by atoms with Crippen LogP contribution in [0.25, 0.3) is 0 Å². The van der Waals surface area contributed by atoms with Crippen molar-refractivity contribution in [3.8, 4) is 0 Å². The summed E-state index contributed by atoms with van der Waals surface area (Å²) in [5.74, 6) is 0. The number of aliphatic hydroxyl groups is 1. The summed E-state index contributed by atoms with van der Waals surface area (Å²) in [4.78, 5) is 0. The molecule has 0 aromatic heterocycles. The van der Waals surface area contributed by atoms with E-state index in [2.05, 4.69) is 0 Å². The SMILES string of the molecule is CC[C@H](O)C1OC1(C)C. The molecule has 9 heavy (non-hydrogen) atoms. The minimum Gasteiger partial charge on any atom is -0.390 e. The fraction of sp³-hybridized carbons (Fsp3) is 1.00. The Kier molecular flexibility index (Phi) is 1.53. The van der Waals surface area contributed by atoms with E-state index < -0.39 is 0 Å². The highest BCUT2D eigenvalue weighted by atomic mass is 16.6. The average molecular weight is 130 g/mol. The lowest BCUT2D eigenvalue weighted by atomic mass is 10.0. The molecule has 0 aromatic carbocycles. The van der Waals surface area contributed by atoms with Crippen LogP contribution in [0, 0.1) is 0 Å². The maximum atomic E-state index is 9.21. The summed E-state index contributed by atoms with van der Waals surface area (Å²) in [7, 11) is 0. The first-order chi connectivity index (χ1) is 4.08. The smallest absolute Gasteiger partial charge is 0.113 e. The molecule has 1 heterocycles. The molecule has 0 aliphatic carbocycles. The standard InChI is InChI=1S/C7H14O2/c1-4-5(8)6-7(2,3)9-6/h5-6,8H,4H2,1-3H3/t5-,6?/m0/s1. The number of hydrogen-bond donors (Lipinski definition) is 1. The van der Waals surface area contributed by atoms with E-state index in [-0.39, 0.29) is 17.8 Å². The van der Waals surface area contributed by atoms with Gasteiger partial charge in [-0.15, -0.1) is 0 Å². The summed E-state index contributed by atoms with van der Waals surface area (Å²) in [6, 6.07) is 0. The molecule has 0 aromatic rings. The Hall–Kier alpha value is -0.0800. The highest BCUT2D eigenvalue weighted by Gasteiger charge is 2.51. The molecule has 0 spiro atoms. The zero-order chi connectivity index (χ0) is 7.07. The van der Waals surface area contributed by atoms with Gasteiger partial charge < -0.3 is 9.84 Å².